The quantitative estimate of drug-likeness (QED) is 0.225. The predicted octanol–water partition coefficient (Wildman–Crippen LogP) is 5.62. The van der Waals surface area contributed by atoms with E-state index >= 15 is 0 Å². The molecular weight excluding hydrogens is 417 g/mol. The van der Waals surface area contributed by atoms with Crippen LogP contribution in [0, 0.1) is 10.1 Å². The maximum Gasteiger partial charge on any atom is 0.271 e. The van der Waals surface area contributed by atoms with Crippen LogP contribution in [-0.4, -0.2) is 23.7 Å². The third-order valence-corrected chi connectivity index (χ3v) is 4.55. The zero-order valence-electron chi connectivity index (χ0n) is 15.9. The van der Waals surface area contributed by atoms with Gasteiger partial charge in [-0.2, -0.15) is 5.10 Å². The molecular formula is C20H21Cl2N3O4. The summed E-state index contributed by atoms with van der Waals surface area (Å²) in [7, 11) is 0. The molecule has 29 heavy (non-hydrogen) atoms. The van der Waals surface area contributed by atoms with Crippen LogP contribution in [0.3, 0.4) is 0 Å². The highest BCUT2D eigenvalue weighted by Gasteiger charge is 2.10. The molecule has 0 aliphatic heterocycles. The Hall–Kier alpha value is -2.64. The van der Waals surface area contributed by atoms with Crippen LogP contribution in [0.25, 0.3) is 0 Å². The summed E-state index contributed by atoms with van der Waals surface area (Å²) in [6, 6.07) is 8.47. The van der Waals surface area contributed by atoms with Crippen LogP contribution in [0.2, 0.25) is 10.0 Å². The first-order valence-electron chi connectivity index (χ1n) is 9.12. The minimum Gasteiger partial charge on any atom is -0.490 e. The predicted molar refractivity (Wildman–Crippen MR) is 114 cm³/mol. The number of halogens is 2. The van der Waals surface area contributed by atoms with E-state index in [1.54, 1.807) is 12.1 Å². The Morgan fingerprint density at radius 3 is 2.41 bits per heavy atom. The lowest BCUT2D eigenvalue weighted by Crippen LogP contribution is -2.17. The molecule has 1 amide bonds. The second-order valence-electron chi connectivity index (χ2n) is 6.23. The Morgan fingerprint density at radius 2 is 1.83 bits per heavy atom. The summed E-state index contributed by atoms with van der Waals surface area (Å²) in [5, 5.41) is 15.2. The topological polar surface area (TPSA) is 93.8 Å². The van der Waals surface area contributed by atoms with Crippen molar-refractivity contribution in [3.05, 3.63) is 67.7 Å². The summed E-state index contributed by atoms with van der Waals surface area (Å²) < 4.78 is 5.67. The summed E-state index contributed by atoms with van der Waals surface area (Å²) in [6.45, 7) is 2.68. The number of nitro groups is 1. The fraction of sp³-hybridized carbons (Fsp3) is 0.300. The van der Waals surface area contributed by atoms with Crippen molar-refractivity contribution in [2.75, 3.05) is 6.61 Å². The van der Waals surface area contributed by atoms with E-state index in [1.807, 2.05) is 0 Å². The zero-order valence-corrected chi connectivity index (χ0v) is 17.4. The molecule has 2 aromatic rings. The molecule has 0 saturated heterocycles. The van der Waals surface area contributed by atoms with Crippen molar-refractivity contribution in [1.82, 2.24) is 5.43 Å². The number of nitrogens with zero attached hydrogens (tertiary/aromatic N) is 2. The summed E-state index contributed by atoms with van der Waals surface area (Å²) >= 11 is 12.5. The molecule has 9 heteroatoms. The fourth-order valence-corrected chi connectivity index (χ4v) is 3.07. The van der Waals surface area contributed by atoms with Gasteiger partial charge in [-0.25, -0.2) is 5.43 Å². The van der Waals surface area contributed by atoms with Crippen LogP contribution in [0.5, 0.6) is 5.75 Å². The number of carbonyl (C=O) groups is 1. The SMILES string of the molecule is CCCCCCOc1c(Cl)cc(/C=N/NC(=O)c2ccc([N+](=O)[O-])cc2)cc1Cl. The first kappa shape index (κ1) is 22.6. The third kappa shape index (κ3) is 7.03. The maximum absolute atomic E-state index is 12.0. The summed E-state index contributed by atoms with van der Waals surface area (Å²) in [6.07, 6.45) is 5.72. The molecule has 0 radical (unpaired) electrons. The molecule has 0 aromatic heterocycles. The van der Waals surface area contributed by atoms with E-state index in [9.17, 15) is 14.9 Å². The van der Waals surface area contributed by atoms with E-state index < -0.39 is 10.8 Å². The van der Waals surface area contributed by atoms with Gasteiger partial charge in [0.25, 0.3) is 11.6 Å². The number of non-ortho nitro benzene ring substituents is 1. The van der Waals surface area contributed by atoms with E-state index in [1.165, 1.54) is 30.5 Å². The number of nitro benzene ring substituents is 1. The van der Waals surface area contributed by atoms with Crippen molar-refractivity contribution >= 4 is 41.0 Å². The number of amides is 1. The Morgan fingerprint density at radius 1 is 1.17 bits per heavy atom. The molecule has 0 aliphatic carbocycles. The standard InChI is InChI=1S/C20H21Cl2N3O4/c1-2-3-4-5-10-29-19-17(21)11-14(12-18(19)22)13-23-24-20(26)15-6-8-16(9-7-15)25(27)28/h6-9,11-13H,2-5,10H2,1H3,(H,24,26)/b23-13+. The normalized spacial score (nSPS) is 10.9. The molecule has 0 bridgehead atoms. The number of unbranched alkanes of at least 4 members (excludes halogenated alkanes) is 3. The van der Waals surface area contributed by atoms with Crippen LogP contribution in [0.1, 0.15) is 48.5 Å². The Bertz CT molecular complexity index is 863. The summed E-state index contributed by atoms with van der Waals surface area (Å²) in [4.78, 5) is 22.1. The van der Waals surface area contributed by atoms with E-state index in [-0.39, 0.29) is 11.3 Å². The van der Waals surface area contributed by atoms with Gasteiger partial charge in [-0.05, 0) is 36.2 Å². The van der Waals surface area contributed by atoms with E-state index in [4.69, 9.17) is 27.9 Å². The van der Waals surface area contributed by atoms with Gasteiger partial charge >= 0.3 is 0 Å². The molecule has 1 N–H and O–H groups in total. The van der Waals surface area contributed by atoms with Crippen molar-refractivity contribution in [2.24, 2.45) is 5.10 Å². The first-order valence-corrected chi connectivity index (χ1v) is 9.87. The molecule has 0 unspecified atom stereocenters. The van der Waals surface area contributed by atoms with Crippen molar-refractivity contribution in [1.29, 1.82) is 0 Å². The summed E-state index contributed by atoms with van der Waals surface area (Å²) in [5.41, 5.74) is 3.08. The molecule has 0 spiro atoms. The molecule has 0 saturated carbocycles. The van der Waals surface area contributed by atoms with Crippen molar-refractivity contribution < 1.29 is 14.5 Å². The Labute approximate surface area is 178 Å². The van der Waals surface area contributed by atoms with Gasteiger partial charge in [-0.3, -0.25) is 14.9 Å². The highest BCUT2D eigenvalue weighted by molar-refractivity contribution is 6.37. The van der Waals surface area contributed by atoms with Gasteiger partial charge in [0, 0.05) is 17.7 Å². The molecule has 0 atom stereocenters. The number of rotatable bonds is 10. The lowest BCUT2D eigenvalue weighted by Gasteiger charge is -2.10. The van der Waals surface area contributed by atoms with Crippen LogP contribution in [0.15, 0.2) is 41.5 Å². The van der Waals surface area contributed by atoms with Gasteiger partial charge in [0.1, 0.15) is 0 Å². The Kier molecular flexibility index (Phi) is 8.89. The second-order valence-corrected chi connectivity index (χ2v) is 7.04. The van der Waals surface area contributed by atoms with Crippen LogP contribution in [-0.2, 0) is 0 Å². The molecule has 154 valence electrons. The average molecular weight is 438 g/mol. The van der Waals surface area contributed by atoms with E-state index in [0.29, 0.717) is 28.0 Å². The van der Waals surface area contributed by atoms with Crippen molar-refractivity contribution in [2.45, 2.75) is 32.6 Å². The second kappa shape index (κ2) is 11.4. The Balaban J connectivity index is 1.94. The first-order chi connectivity index (χ1) is 13.9. The molecule has 0 aliphatic rings. The lowest BCUT2D eigenvalue weighted by atomic mass is 10.2. The van der Waals surface area contributed by atoms with Crippen LogP contribution in [0.4, 0.5) is 5.69 Å². The number of nitrogens with one attached hydrogen (secondary N) is 1. The van der Waals surface area contributed by atoms with Gasteiger partial charge < -0.3 is 4.74 Å². The van der Waals surface area contributed by atoms with Crippen molar-refractivity contribution in [3.63, 3.8) is 0 Å². The van der Waals surface area contributed by atoms with Crippen LogP contribution >= 0.6 is 23.2 Å². The van der Waals surface area contributed by atoms with Crippen LogP contribution < -0.4 is 10.2 Å². The monoisotopic (exact) mass is 437 g/mol. The zero-order chi connectivity index (χ0) is 21.2. The molecule has 7 nitrogen and oxygen atoms in total. The minimum absolute atomic E-state index is 0.0954. The number of hydrazone groups is 1. The molecule has 0 fully saturated rings. The van der Waals surface area contributed by atoms with Gasteiger partial charge in [0.15, 0.2) is 5.75 Å². The maximum atomic E-state index is 12.0. The molecule has 2 rings (SSSR count). The minimum atomic E-state index is -0.536. The number of hydrogen-bond acceptors (Lipinski definition) is 5. The number of hydrogen-bond donors (Lipinski definition) is 1. The van der Waals surface area contributed by atoms with Gasteiger partial charge in [-0.15, -0.1) is 0 Å². The van der Waals surface area contributed by atoms with Gasteiger partial charge in [0.2, 0.25) is 0 Å². The van der Waals surface area contributed by atoms with E-state index in [2.05, 4.69) is 17.5 Å². The largest absolute Gasteiger partial charge is 0.490 e. The number of carbonyl (C=O) groups excluding carboxylic acids is 1. The van der Waals surface area contributed by atoms with Gasteiger partial charge in [-0.1, -0.05) is 49.4 Å². The molecule has 0 heterocycles. The van der Waals surface area contributed by atoms with Crippen molar-refractivity contribution in [3.8, 4) is 5.75 Å². The molecule has 2 aromatic carbocycles. The lowest BCUT2D eigenvalue weighted by molar-refractivity contribution is -0.384. The third-order valence-electron chi connectivity index (χ3n) is 3.98. The smallest absolute Gasteiger partial charge is 0.271 e. The van der Waals surface area contributed by atoms with E-state index in [0.717, 1.165) is 25.7 Å². The fourth-order valence-electron chi connectivity index (χ4n) is 2.46. The van der Waals surface area contributed by atoms with Gasteiger partial charge in [0.05, 0.1) is 27.8 Å². The highest BCUT2D eigenvalue weighted by atomic mass is 35.5. The average Bonchev–Trinajstić information content (AvgIpc) is 2.69. The summed E-state index contributed by atoms with van der Waals surface area (Å²) in [5.74, 6) is -0.0720. The number of benzene rings is 2. The highest BCUT2D eigenvalue weighted by Crippen LogP contribution is 2.34. The number of ether oxygens (including phenoxy) is 1.